The zero-order valence-electron chi connectivity index (χ0n) is 19.2. The van der Waals surface area contributed by atoms with Crippen molar-refractivity contribution in [3.8, 4) is 0 Å². The maximum Gasteiger partial charge on any atom is 0.269 e. The van der Waals surface area contributed by atoms with E-state index in [1.165, 1.54) is 12.1 Å². The van der Waals surface area contributed by atoms with Crippen LogP contribution in [0.2, 0.25) is 0 Å². The summed E-state index contributed by atoms with van der Waals surface area (Å²) in [4.78, 5) is 26.9. The van der Waals surface area contributed by atoms with Crippen LogP contribution in [0.1, 0.15) is 32.8 Å². The number of nitro benzene ring substituents is 1. The van der Waals surface area contributed by atoms with Crippen LogP contribution in [-0.2, 0) is 20.2 Å². The second-order valence-electron chi connectivity index (χ2n) is 9.06. The Morgan fingerprint density at radius 3 is 2.09 bits per heavy atom. The van der Waals surface area contributed by atoms with Gasteiger partial charge in [-0.05, 0) is 35.2 Å². The molecule has 0 unspecified atom stereocenters. The molecule has 1 saturated heterocycles. The Kier molecular flexibility index (Phi) is 7.38. The maximum absolute atomic E-state index is 12.5. The number of benzene rings is 2. The van der Waals surface area contributed by atoms with Gasteiger partial charge in [-0.3, -0.25) is 14.9 Å². The van der Waals surface area contributed by atoms with Crippen LogP contribution in [0.25, 0.3) is 0 Å². The van der Waals surface area contributed by atoms with Gasteiger partial charge >= 0.3 is 0 Å². The highest BCUT2D eigenvalue weighted by Crippen LogP contribution is 2.23. The van der Waals surface area contributed by atoms with Gasteiger partial charge in [0, 0.05) is 57.0 Å². The van der Waals surface area contributed by atoms with Crippen molar-refractivity contribution >= 4 is 27.3 Å². The van der Waals surface area contributed by atoms with Crippen molar-refractivity contribution in [3.05, 3.63) is 64.2 Å². The summed E-state index contributed by atoms with van der Waals surface area (Å²) < 4.78 is 27.6. The van der Waals surface area contributed by atoms with E-state index in [4.69, 9.17) is 0 Å². The van der Waals surface area contributed by atoms with Crippen LogP contribution in [0.3, 0.4) is 0 Å². The van der Waals surface area contributed by atoms with Crippen molar-refractivity contribution in [2.45, 2.75) is 37.5 Å². The van der Waals surface area contributed by atoms with Crippen molar-refractivity contribution in [1.82, 2.24) is 9.62 Å². The van der Waals surface area contributed by atoms with Gasteiger partial charge in [-0.1, -0.05) is 32.9 Å². The number of carbonyl (C=O) groups is 1. The summed E-state index contributed by atoms with van der Waals surface area (Å²) in [6.07, 6.45) is 0.0802. The molecule has 2 aromatic carbocycles. The molecule has 9 nitrogen and oxygen atoms in total. The molecular formula is C23H30N4O5S. The number of hydrogen-bond donors (Lipinski definition) is 1. The number of nitro groups is 1. The summed E-state index contributed by atoms with van der Waals surface area (Å²) in [5.41, 5.74) is 1.90. The highest BCUT2D eigenvalue weighted by Gasteiger charge is 2.23. The lowest BCUT2D eigenvalue weighted by Crippen LogP contribution is -2.49. The molecular weight excluding hydrogens is 444 g/mol. The minimum Gasteiger partial charge on any atom is -0.368 e. The molecule has 0 spiro atoms. The van der Waals surface area contributed by atoms with E-state index in [1.807, 2.05) is 12.1 Å². The van der Waals surface area contributed by atoms with Gasteiger partial charge in [0.15, 0.2) is 0 Å². The van der Waals surface area contributed by atoms with Gasteiger partial charge in [-0.25, -0.2) is 13.1 Å². The molecule has 10 heteroatoms. The number of piperazine rings is 1. The van der Waals surface area contributed by atoms with E-state index >= 15 is 0 Å². The number of hydrogen-bond acceptors (Lipinski definition) is 6. The Morgan fingerprint density at radius 2 is 1.58 bits per heavy atom. The van der Waals surface area contributed by atoms with Crippen LogP contribution < -0.4 is 9.62 Å². The minimum absolute atomic E-state index is 0.0325. The van der Waals surface area contributed by atoms with E-state index in [2.05, 4.69) is 30.4 Å². The molecule has 1 aliphatic heterocycles. The highest BCUT2D eigenvalue weighted by atomic mass is 32.2. The Labute approximate surface area is 194 Å². The predicted molar refractivity (Wildman–Crippen MR) is 127 cm³/mol. The zero-order valence-corrected chi connectivity index (χ0v) is 20.0. The number of sulfonamides is 1. The predicted octanol–water partition coefficient (Wildman–Crippen LogP) is 2.91. The van der Waals surface area contributed by atoms with E-state index in [-0.39, 0.29) is 34.9 Å². The number of anilines is 1. The van der Waals surface area contributed by atoms with Crippen LogP contribution in [0.4, 0.5) is 11.4 Å². The molecule has 1 heterocycles. The highest BCUT2D eigenvalue weighted by molar-refractivity contribution is 7.89. The molecule has 1 N–H and O–H groups in total. The van der Waals surface area contributed by atoms with Gasteiger partial charge < -0.3 is 9.80 Å². The van der Waals surface area contributed by atoms with Gasteiger partial charge in [0.1, 0.15) is 0 Å². The average molecular weight is 475 g/mol. The molecule has 0 bridgehead atoms. The van der Waals surface area contributed by atoms with Crippen molar-refractivity contribution in [1.29, 1.82) is 0 Å². The smallest absolute Gasteiger partial charge is 0.269 e. The van der Waals surface area contributed by atoms with Gasteiger partial charge in [-0.15, -0.1) is 0 Å². The number of carbonyl (C=O) groups excluding carboxylic acids is 1. The van der Waals surface area contributed by atoms with Crippen LogP contribution >= 0.6 is 0 Å². The molecule has 3 rings (SSSR count). The molecule has 0 aromatic heterocycles. The first-order valence-corrected chi connectivity index (χ1v) is 12.3. The van der Waals surface area contributed by atoms with E-state index < -0.39 is 14.9 Å². The minimum atomic E-state index is -3.68. The fourth-order valence-corrected chi connectivity index (χ4v) is 4.70. The third kappa shape index (κ3) is 6.29. The largest absolute Gasteiger partial charge is 0.368 e. The van der Waals surface area contributed by atoms with Gasteiger partial charge in [0.2, 0.25) is 15.9 Å². The molecule has 0 aliphatic carbocycles. The fraction of sp³-hybridized carbons (Fsp3) is 0.435. The third-order valence-electron chi connectivity index (χ3n) is 5.72. The Bertz CT molecular complexity index is 1090. The first-order valence-electron chi connectivity index (χ1n) is 10.8. The molecule has 178 valence electrons. The lowest BCUT2D eigenvalue weighted by molar-refractivity contribution is -0.384. The quantitative estimate of drug-likeness (QED) is 0.488. The fourth-order valence-electron chi connectivity index (χ4n) is 3.67. The molecule has 33 heavy (non-hydrogen) atoms. The molecule has 1 fully saturated rings. The number of amides is 1. The molecule has 1 amide bonds. The first-order chi connectivity index (χ1) is 15.5. The summed E-state index contributed by atoms with van der Waals surface area (Å²) in [5.74, 6) is -0.107. The SMILES string of the molecule is CC(C)(C)c1ccc(S(=O)(=O)NCCC(=O)N2CCN(c3ccc([N+](=O)[O-])cc3)CC2)cc1. The average Bonchev–Trinajstić information content (AvgIpc) is 2.78. The standard InChI is InChI=1S/C23H30N4O5S/c1-23(2,3)18-4-10-21(11-5-18)33(31,32)24-13-12-22(28)26-16-14-25(15-17-26)19-6-8-20(9-7-19)27(29)30/h4-11,24H,12-17H2,1-3H3. The number of nitrogens with zero attached hydrogens (tertiary/aromatic N) is 3. The summed E-state index contributed by atoms with van der Waals surface area (Å²) in [6, 6.07) is 13.1. The number of nitrogens with one attached hydrogen (secondary N) is 1. The van der Waals surface area contributed by atoms with Crippen molar-refractivity contribution < 1.29 is 18.1 Å². The molecule has 0 radical (unpaired) electrons. The second-order valence-corrected chi connectivity index (χ2v) is 10.8. The summed E-state index contributed by atoms with van der Waals surface area (Å²) >= 11 is 0. The summed E-state index contributed by atoms with van der Waals surface area (Å²) in [6.45, 7) is 8.45. The summed E-state index contributed by atoms with van der Waals surface area (Å²) in [7, 11) is -3.68. The van der Waals surface area contributed by atoms with Crippen LogP contribution in [0.15, 0.2) is 53.4 Å². The normalized spacial score (nSPS) is 14.9. The maximum atomic E-state index is 12.5. The van der Waals surface area contributed by atoms with Crippen molar-refractivity contribution in [2.75, 3.05) is 37.6 Å². The van der Waals surface area contributed by atoms with E-state index in [0.29, 0.717) is 26.2 Å². The Balaban J connectivity index is 1.47. The van der Waals surface area contributed by atoms with Gasteiger partial charge in [0.05, 0.1) is 9.82 Å². The van der Waals surface area contributed by atoms with Crippen LogP contribution in [0.5, 0.6) is 0 Å². The van der Waals surface area contributed by atoms with Crippen LogP contribution in [0, 0.1) is 10.1 Å². The zero-order chi connectivity index (χ0) is 24.2. The molecule has 0 atom stereocenters. The van der Waals surface area contributed by atoms with E-state index in [0.717, 1.165) is 11.3 Å². The van der Waals surface area contributed by atoms with Gasteiger partial charge in [0.25, 0.3) is 5.69 Å². The monoisotopic (exact) mass is 474 g/mol. The molecule has 0 saturated carbocycles. The number of rotatable bonds is 7. The first kappa shape index (κ1) is 24.7. The Hall–Kier alpha value is -2.98. The lowest BCUT2D eigenvalue weighted by Gasteiger charge is -2.36. The van der Waals surface area contributed by atoms with Gasteiger partial charge in [-0.2, -0.15) is 0 Å². The van der Waals surface area contributed by atoms with Crippen molar-refractivity contribution in [2.24, 2.45) is 0 Å². The van der Waals surface area contributed by atoms with Crippen molar-refractivity contribution in [3.63, 3.8) is 0 Å². The topological polar surface area (TPSA) is 113 Å². The van der Waals surface area contributed by atoms with E-state index in [1.54, 1.807) is 29.2 Å². The molecule has 1 aliphatic rings. The lowest BCUT2D eigenvalue weighted by atomic mass is 9.87. The summed E-state index contributed by atoms with van der Waals surface area (Å²) in [5, 5.41) is 10.8. The second kappa shape index (κ2) is 9.88. The van der Waals surface area contributed by atoms with Crippen LogP contribution in [-0.4, -0.2) is 56.9 Å². The Morgan fingerprint density at radius 1 is 1.00 bits per heavy atom. The van der Waals surface area contributed by atoms with E-state index in [9.17, 15) is 23.3 Å². The number of non-ortho nitro benzene ring substituents is 1. The molecule has 2 aromatic rings. The third-order valence-corrected chi connectivity index (χ3v) is 7.20.